The Morgan fingerprint density at radius 2 is 1.35 bits per heavy atom. The van der Waals surface area contributed by atoms with Crippen LogP contribution in [0.1, 0.15) is 20.8 Å². The molecule has 0 saturated carbocycles. The van der Waals surface area contributed by atoms with Crippen molar-refractivity contribution in [2.24, 2.45) is 11.8 Å². The molecule has 0 unspecified atom stereocenters. The number of rotatable bonds is 2. The van der Waals surface area contributed by atoms with Crippen molar-refractivity contribution in [2.75, 3.05) is 27.3 Å². The van der Waals surface area contributed by atoms with Crippen LogP contribution >= 0.6 is 0 Å². The number of methoxy groups -OCH3 is 2. The summed E-state index contributed by atoms with van der Waals surface area (Å²) in [7, 11) is 2.49. The zero-order valence-electron chi connectivity index (χ0n) is 12.5. The maximum Gasteiger partial charge on any atom is 0.410 e. The molecule has 1 fully saturated rings. The van der Waals surface area contributed by atoms with E-state index in [-0.39, 0.29) is 13.1 Å². The van der Waals surface area contributed by atoms with Crippen LogP contribution in [0.2, 0.25) is 0 Å². The molecule has 1 aliphatic rings. The number of carbonyl (C=O) groups is 3. The van der Waals surface area contributed by atoms with Gasteiger partial charge in [-0.1, -0.05) is 0 Å². The lowest BCUT2D eigenvalue weighted by Gasteiger charge is -2.24. The summed E-state index contributed by atoms with van der Waals surface area (Å²) in [5.74, 6) is -2.52. The highest BCUT2D eigenvalue weighted by atomic mass is 16.6. The van der Waals surface area contributed by atoms with Gasteiger partial charge in [-0.3, -0.25) is 9.59 Å². The van der Waals surface area contributed by atoms with Crippen LogP contribution in [0.15, 0.2) is 0 Å². The third-order valence-corrected chi connectivity index (χ3v) is 2.98. The number of ether oxygens (including phenoxy) is 3. The molecule has 0 aromatic rings. The largest absolute Gasteiger partial charge is 0.469 e. The molecule has 0 radical (unpaired) electrons. The highest BCUT2D eigenvalue weighted by Gasteiger charge is 2.45. The molecule has 0 N–H and O–H groups in total. The summed E-state index contributed by atoms with van der Waals surface area (Å²) in [5.41, 5.74) is -0.638. The van der Waals surface area contributed by atoms with E-state index in [0.29, 0.717) is 0 Å². The molecule has 0 bridgehead atoms. The molecule has 20 heavy (non-hydrogen) atoms. The van der Waals surface area contributed by atoms with Crippen LogP contribution in [0.25, 0.3) is 0 Å². The number of hydrogen-bond donors (Lipinski definition) is 0. The van der Waals surface area contributed by atoms with Crippen molar-refractivity contribution in [3.8, 4) is 0 Å². The van der Waals surface area contributed by atoms with E-state index < -0.39 is 35.5 Å². The summed E-state index contributed by atoms with van der Waals surface area (Å²) >= 11 is 0. The molecular weight excluding hydrogens is 266 g/mol. The summed E-state index contributed by atoms with van der Waals surface area (Å²) in [6, 6.07) is 0. The van der Waals surface area contributed by atoms with Crippen molar-refractivity contribution in [1.29, 1.82) is 0 Å². The predicted octanol–water partition coefficient (Wildman–Crippen LogP) is 0.815. The Hall–Kier alpha value is -1.79. The van der Waals surface area contributed by atoms with Crippen LogP contribution in [-0.2, 0) is 23.8 Å². The van der Waals surface area contributed by atoms with E-state index in [4.69, 9.17) is 4.74 Å². The maximum atomic E-state index is 12.0. The van der Waals surface area contributed by atoms with Gasteiger partial charge in [0, 0.05) is 13.1 Å². The van der Waals surface area contributed by atoms with Crippen molar-refractivity contribution >= 4 is 18.0 Å². The number of likely N-dealkylation sites (tertiary alicyclic amines) is 1. The molecular formula is C13H21NO6. The Labute approximate surface area is 118 Å². The fourth-order valence-electron chi connectivity index (χ4n) is 2.06. The average Bonchev–Trinajstić information content (AvgIpc) is 2.80. The third kappa shape index (κ3) is 3.85. The molecule has 1 heterocycles. The first-order valence-electron chi connectivity index (χ1n) is 6.33. The molecule has 7 heteroatoms. The van der Waals surface area contributed by atoms with Gasteiger partial charge in [0.25, 0.3) is 0 Å². The normalized spacial score (nSPS) is 22.4. The Morgan fingerprint density at radius 3 is 1.65 bits per heavy atom. The smallest absolute Gasteiger partial charge is 0.410 e. The lowest BCUT2D eigenvalue weighted by molar-refractivity contribution is -0.155. The maximum absolute atomic E-state index is 12.0. The molecule has 2 atom stereocenters. The second-order valence-electron chi connectivity index (χ2n) is 5.64. The third-order valence-electron chi connectivity index (χ3n) is 2.98. The second-order valence-corrected chi connectivity index (χ2v) is 5.64. The summed E-state index contributed by atoms with van der Waals surface area (Å²) in [4.78, 5) is 36.7. The van der Waals surface area contributed by atoms with E-state index in [1.807, 2.05) is 0 Å². The lowest BCUT2D eigenvalue weighted by Crippen LogP contribution is -2.36. The monoisotopic (exact) mass is 287 g/mol. The van der Waals surface area contributed by atoms with E-state index in [2.05, 4.69) is 9.47 Å². The number of nitrogens with zero attached hydrogens (tertiary/aromatic N) is 1. The predicted molar refractivity (Wildman–Crippen MR) is 68.8 cm³/mol. The topological polar surface area (TPSA) is 82.1 Å². The van der Waals surface area contributed by atoms with E-state index in [0.717, 1.165) is 0 Å². The van der Waals surface area contributed by atoms with Crippen molar-refractivity contribution in [3.63, 3.8) is 0 Å². The van der Waals surface area contributed by atoms with Gasteiger partial charge < -0.3 is 19.1 Å². The first-order chi connectivity index (χ1) is 9.19. The molecule has 0 aromatic carbocycles. The van der Waals surface area contributed by atoms with Crippen LogP contribution in [0, 0.1) is 11.8 Å². The van der Waals surface area contributed by atoms with E-state index >= 15 is 0 Å². The molecule has 114 valence electrons. The lowest BCUT2D eigenvalue weighted by atomic mass is 9.96. The standard InChI is InChI=1S/C13H21NO6/c1-13(2,3)20-12(17)14-6-8(10(15)18-4)9(7-14)11(16)19-5/h8-9H,6-7H2,1-5H3/t8-,9-/m0/s1. The second kappa shape index (κ2) is 6.11. The van der Waals surface area contributed by atoms with Crippen LogP contribution < -0.4 is 0 Å². The zero-order valence-corrected chi connectivity index (χ0v) is 12.5. The van der Waals surface area contributed by atoms with Gasteiger partial charge in [0.2, 0.25) is 0 Å². The minimum atomic E-state index is -0.722. The number of carbonyl (C=O) groups excluding carboxylic acids is 3. The Kier molecular flexibility index (Phi) is 4.97. The first-order valence-corrected chi connectivity index (χ1v) is 6.33. The van der Waals surface area contributed by atoms with Crippen molar-refractivity contribution in [1.82, 2.24) is 4.90 Å². The van der Waals surface area contributed by atoms with Crippen LogP contribution in [-0.4, -0.2) is 55.8 Å². The molecule has 1 rings (SSSR count). The summed E-state index contributed by atoms with van der Waals surface area (Å²) in [5, 5.41) is 0. The molecule has 0 spiro atoms. The fourth-order valence-corrected chi connectivity index (χ4v) is 2.06. The van der Waals surface area contributed by atoms with Crippen molar-refractivity contribution in [3.05, 3.63) is 0 Å². The highest BCUT2D eigenvalue weighted by Crippen LogP contribution is 2.27. The van der Waals surface area contributed by atoms with Gasteiger partial charge in [0.15, 0.2) is 0 Å². The van der Waals surface area contributed by atoms with Gasteiger partial charge >= 0.3 is 18.0 Å². The van der Waals surface area contributed by atoms with Gasteiger partial charge in [-0.2, -0.15) is 0 Å². The number of amides is 1. The minimum absolute atomic E-state index is 0.0847. The molecule has 1 saturated heterocycles. The number of esters is 2. The minimum Gasteiger partial charge on any atom is -0.469 e. The number of hydrogen-bond acceptors (Lipinski definition) is 6. The van der Waals surface area contributed by atoms with Gasteiger partial charge in [-0.05, 0) is 20.8 Å². The van der Waals surface area contributed by atoms with Gasteiger partial charge in [0.1, 0.15) is 5.60 Å². The molecule has 1 amide bonds. The highest BCUT2D eigenvalue weighted by molar-refractivity contribution is 5.84. The fraction of sp³-hybridized carbons (Fsp3) is 0.769. The van der Waals surface area contributed by atoms with Gasteiger partial charge in [0.05, 0.1) is 26.1 Å². The molecule has 0 aromatic heterocycles. The summed E-state index contributed by atoms with van der Waals surface area (Å²) < 4.78 is 14.6. The first kappa shape index (κ1) is 16.3. The molecule has 7 nitrogen and oxygen atoms in total. The zero-order chi connectivity index (χ0) is 15.5. The summed E-state index contributed by atoms with van der Waals surface area (Å²) in [6.45, 7) is 5.41. The van der Waals surface area contributed by atoms with Crippen LogP contribution in [0.3, 0.4) is 0 Å². The van der Waals surface area contributed by atoms with Crippen LogP contribution in [0.4, 0.5) is 4.79 Å². The summed E-state index contributed by atoms with van der Waals surface area (Å²) in [6.07, 6.45) is -0.558. The van der Waals surface area contributed by atoms with E-state index in [1.54, 1.807) is 20.8 Å². The van der Waals surface area contributed by atoms with Gasteiger partial charge in [-0.15, -0.1) is 0 Å². The SMILES string of the molecule is COC(=O)[C@H]1CN(C(=O)OC(C)(C)C)C[C@@H]1C(=O)OC. The Bertz CT molecular complexity index is 376. The molecule has 0 aliphatic carbocycles. The van der Waals surface area contributed by atoms with Crippen LogP contribution in [0.5, 0.6) is 0 Å². The average molecular weight is 287 g/mol. The Balaban J connectivity index is 2.82. The van der Waals surface area contributed by atoms with E-state index in [9.17, 15) is 14.4 Å². The molecule has 1 aliphatic heterocycles. The van der Waals surface area contributed by atoms with E-state index in [1.165, 1.54) is 19.1 Å². The van der Waals surface area contributed by atoms with Crippen molar-refractivity contribution < 1.29 is 28.6 Å². The Morgan fingerprint density at radius 1 is 0.950 bits per heavy atom. The quantitative estimate of drug-likeness (QED) is 0.552. The van der Waals surface area contributed by atoms with Gasteiger partial charge in [-0.25, -0.2) is 4.79 Å². The van der Waals surface area contributed by atoms with Crippen molar-refractivity contribution in [2.45, 2.75) is 26.4 Å².